The maximum atomic E-state index is 4.55. The molecule has 0 aliphatic heterocycles. The molecular formula is C14H15N5. The van der Waals surface area contributed by atoms with E-state index in [2.05, 4.69) is 27.2 Å². The molecule has 1 unspecified atom stereocenters. The van der Waals surface area contributed by atoms with Crippen molar-refractivity contribution in [1.82, 2.24) is 19.5 Å². The number of rotatable bonds is 4. The van der Waals surface area contributed by atoms with E-state index in [0.29, 0.717) is 0 Å². The molecule has 0 radical (unpaired) electrons. The molecule has 96 valence electrons. The molecule has 0 amide bonds. The fourth-order valence-electron chi connectivity index (χ4n) is 2.04. The van der Waals surface area contributed by atoms with Gasteiger partial charge in [-0.05, 0) is 19.1 Å². The van der Waals surface area contributed by atoms with Crippen molar-refractivity contribution in [3.63, 3.8) is 0 Å². The second-order valence-corrected chi connectivity index (χ2v) is 4.55. The van der Waals surface area contributed by atoms with Crippen LogP contribution in [0.1, 0.15) is 6.92 Å². The van der Waals surface area contributed by atoms with Gasteiger partial charge in [0.1, 0.15) is 5.82 Å². The van der Waals surface area contributed by atoms with E-state index in [1.54, 1.807) is 12.4 Å². The van der Waals surface area contributed by atoms with Crippen LogP contribution in [0.4, 0.5) is 5.82 Å². The van der Waals surface area contributed by atoms with Gasteiger partial charge in [0, 0.05) is 25.0 Å². The van der Waals surface area contributed by atoms with Crippen molar-refractivity contribution in [2.24, 2.45) is 0 Å². The Labute approximate surface area is 111 Å². The molecule has 1 atom stereocenters. The van der Waals surface area contributed by atoms with E-state index in [4.69, 9.17) is 0 Å². The summed E-state index contributed by atoms with van der Waals surface area (Å²) in [4.78, 5) is 13.0. The zero-order valence-corrected chi connectivity index (χ0v) is 10.7. The third-order valence-corrected chi connectivity index (χ3v) is 2.89. The van der Waals surface area contributed by atoms with Crippen molar-refractivity contribution < 1.29 is 0 Å². The Hall–Kier alpha value is -2.43. The van der Waals surface area contributed by atoms with Crippen molar-refractivity contribution in [3.05, 3.63) is 49.2 Å². The number of para-hydroxylation sites is 2. The van der Waals surface area contributed by atoms with Crippen LogP contribution in [-0.4, -0.2) is 25.6 Å². The minimum atomic E-state index is 0.254. The number of hydrogen-bond acceptors (Lipinski definition) is 4. The van der Waals surface area contributed by atoms with Gasteiger partial charge in [0.05, 0.1) is 23.6 Å². The highest BCUT2D eigenvalue weighted by Gasteiger charge is 2.05. The summed E-state index contributed by atoms with van der Waals surface area (Å²) in [5, 5.41) is 3.35. The number of hydrogen-bond donors (Lipinski definition) is 1. The lowest BCUT2D eigenvalue weighted by Crippen LogP contribution is -2.22. The molecule has 5 heteroatoms. The van der Waals surface area contributed by atoms with Crippen LogP contribution in [0, 0.1) is 0 Å². The van der Waals surface area contributed by atoms with Gasteiger partial charge in [-0.15, -0.1) is 0 Å². The van der Waals surface area contributed by atoms with Gasteiger partial charge in [-0.25, -0.2) is 9.97 Å². The van der Waals surface area contributed by atoms with Crippen molar-refractivity contribution in [2.45, 2.75) is 19.5 Å². The summed E-state index contributed by atoms with van der Waals surface area (Å²) in [6, 6.07) is 8.11. The van der Waals surface area contributed by atoms with Gasteiger partial charge in [-0.1, -0.05) is 12.1 Å². The van der Waals surface area contributed by atoms with Crippen LogP contribution in [0.25, 0.3) is 11.0 Å². The van der Waals surface area contributed by atoms with Crippen LogP contribution in [0.15, 0.2) is 49.2 Å². The summed E-state index contributed by atoms with van der Waals surface area (Å²) in [5.74, 6) is 0.798. The first kappa shape index (κ1) is 11.6. The summed E-state index contributed by atoms with van der Waals surface area (Å²) in [5.41, 5.74) is 1.82. The average molecular weight is 253 g/mol. The van der Waals surface area contributed by atoms with Crippen LogP contribution in [0.3, 0.4) is 0 Å². The molecule has 0 spiro atoms. The number of nitrogens with one attached hydrogen (secondary N) is 1. The van der Waals surface area contributed by atoms with Crippen LogP contribution < -0.4 is 5.32 Å². The summed E-state index contributed by atoms with van der Waals surface area (Å²) in [6.07, 6.45) is 7.31. The molecule has 1 N–H and O–H groups in total. The zero-order chi connectivity index (χ0) is 13.1. The standard InChI is InChI=1S/C14H15N5/c1-11(9-19-7-6-15-10-19)17-14-8-16-12-4-2-3-5-13(12)18-14/h2-8,10-11H,9H2,1H3,(H,17,18). The maximum Gasteiger partial charge on any atom is 0.145 e. The second kappa shape index (κ2) is 5.06. The topological polar surface area (TPSA) is 55.6 Å². The molecule has 0 aliphatic rings. The SMILES string of the molecule is CC(Cn1ccnc1)Nc1cnc2ccccc2n1. The summed E-state index contributed by atoms with van der Waals surface area (Å²) >= 11 is 0. The third-order valence-electron chi connectivity index (χ3n) is 2.89. The third kappa shape index (κ3) is 2.70. The average Bonchev–Trinajstić information content (AvgIpc) is 2.91. The molecule has 2 aromatic heterocycles. The highest BCUT2D eigenvalue weighted by molar-refractivity contribution is 5.75. The van der Waals surface area contributed by atoms with E-state index in [0.717, 1.165) is 23.4 Å². The van der Waals surface area contributed by atoms with Crippen LogP contribution >= 0.6 is 0 Å². The molecule has 0 saturated heterocycles. The Kier molecular flexibility index (Phi) is 3.10. The lowest BCUT2D eigenvalue weighted by atomic mass is 10.3. The predicted molar refractivity (Wildman–Crippen MR) is 74.8 cm³/mol. The van der Waals surface area contributed by atoms with Gasteiger partial charge < -0.3 is 9.88 Å². The molecule has 1 aromatic carbocycles. The number of benzene rings is 1. The molecule has 0 fully saturated rings. The van der Waals surface area contributed by atoms with Gasteiger partial charge in [0.2, 0.25) is 0 Å². The molecule has 0 aliphatic carbocycles. The molecular weight excluding hydrogens is 238 g/mol. The first-order valence-corrected chi connectivity index (χ1v) is 6.25. The Morgan fingerprint density at radius 3 is 2.89 bits per heavy atom. The molecule has 5 nitrogen and oxygen atoms in total. The number of aromatic nitrogens is 4. The minimum absolute atomic E-state index is 0.254. The molecule has 3 rings (SSSR count). The highest BCUT2D eigenvalue weighted by Crippen LogP contribution is 2.12. The van der Waals surface area contributed by atoms with E-state index in [-0.39, 0.29) is 6.04 Å². The number of imidazole rings is 1. The first-order chi connectivity index (χ1) is 9.31. The summed E-state index contributed by atoms with van der Waals surface area (Å²) < 4.78 is 2.03. The second-order valence-electron chi connectivity index (χ2n) is 4.55. The lowest BCUT2D eigenvalue weighted by Gasteiger charge is -2.14. The van der Waals surface area contributed by atoms with Crippen LogP contribution in [-0.2, 0) is 6.54 Å². The Bertz CT molecular complexity index is 662. The van der Waals surface area contributed by atoms with Crippen molar-refractivity contribution >= 4 is 16.9 Å². The highest BCUT2D eigenvalue weighted by atomic mass is 15.1. The van der Waals surface area contributed by atoms with E-state index in [1.165, 1.54) is 0 Å². The van der Waals surface area contributed by atoms with E-state index in [1.807, 2.05) is 41.4 Å². The fourth-order valence-corrected chi connectivity index (χ4v) is 2.04. The van der Waals surface area contributed by atoms with Crippen LogP contribution in [0.2, 0.25) is 0 Å². The van der Waals surface area contributed by atoms with Gasteiger partial charge in [0.15, 0.2) is 0 Å². The molecule has 2 heterocycles. The number of nitrogens with zero attached hydrogens (tertiary/aromatic N) is 4. The predicted octanol–water partition coefficient (Wildman–Crippen LogP) is 2.33. The van der Waals surface area contributed by atoms with E-state index in [9.17, 15) is 0 Å². The maximum absolute atomic E-state index is 4.55. The molecule has 3 aromatic rings. The van der Waals surface area contributed by atoms with E-state index >= 15 is 0 Å². The molecule has 0 saturated carbocycles. The van der Waals surface area contributed by atoms with Gasteiger partial charge in [0.25, 0.3) is 0 Å². The van der Waals surface area contributed by atoms with E-state index < -0.39 is 0 Å². The monoisotopic (exact) mass is 253 g/mol. The van der Waals surface area contributed by atoms with Gasteiger partial charge >= 0.3 is 0 Å². The van der Waals surface area contributed by atoms with Crippen molar-refractivity contribution in [3.8, 4) is 0 Å². The Morgan fingerprint density at radius 2 is 2.11 bits per heavy atom. The Balaban J connectivity index is 1.73. The summed E-state index contributed by atoms with van der Waals surface area (Å²) in [6.45, 7) is 2.95. The smallest absolute Gasteiger partial charge is 0.145 e. The number of anilines is 1. The summed E-state index contributed by atoms with van der Waals surface area (Å²) in [7, 11) is 0. The molecule has 0 bridgehead atoms. The quantitative estimate of drug-likeness (QED) is 0.775. The van der Waals surface area contributed by atoms with Gasteiger partial charge in [-0.3, -0.25) is 4.98 Å². The minimum Gasteiger partial charge on any atom is -0.365 e. The first-order valence-electron chi connectivity index (χ1n) is 6.25. The van der Waals surface area contributed by atoms with Gasteiger partial charge in [-0.2, -0.15) is 0 Å². The largest absolute Gasteiger partial charge is 0.365 e. The van der Waals surface area contributed by atoms with Crippen molar-refractivity contribution in [2.75, 3.05) is 5.32 Å². The zero-order valence-electron chi connectivity index (χ0n) is 10.7. The van der Waals surface area contributed by atoms with Crippen molar-refractivity contribution in [1.29, 1.82) is 0 Å². The van der Waals surface area contributed by atoms with Crippen LogP contribution in [0.5, 0.6) is 0 Å². The Morgan fingerprint density at radius 1 is 1.26 bits per heavy atom. The normalized spacial score (nSPS) is 12.5. The fraction of sp³-hybridized carbons (Fsp3) is 0.214. The number of fused-ring (bicyclic) bond motifs is 1. The molecule has 19 heavy (non-hydrogen) atoms. The lowest BCUT2D eigenvalue weighted by molar-refractivity contribution is 0.617.